The molecule has 1 aromatic carbocycles. The van der Waals surface area contributed by atoms with Crippen LogP contribution >= 0.6 is 12.4 Å². The van der Waals surface area contributed by atoms with Crippen molar-refractivity contribution in [2.45, 2.75) is 37.2 Å². The number of hydrogen-bond donors (Lipinski definition) is 2. The first kappa shape index (κ1) is 20.8. The summed E-state index contributed by atoms with van der Waals surface area (Å²) < 4.78 is 39.3. The van der Waals surface area contributed by atoms with E-state index in [1.165, 1.54) is 12.1 Å². The number of nitrogens with one attached hydrogen (secondary N) is 2. The van der Waals surface area contributed by atoms with Crippen molar-refractivity contribution in [3.63, 3.8) is 0 Å². The fraction of sp³-hybridized carbons (Fsp3) is 0.533. The lowest BCUT2D eigenvalue weighted by Crippen LogP contribution is -2.57. The van der Waals surface area contributed by atoms with Gasteiger partial charge in [-0.1, -0.05) is 0 Å². The topological polar surface area (TPSA) is 78.5 Å². The zero-order chi connectivity index (χ0) is 17.0. The van der Waals surface area contributed by atoms with Crippen molar-refractivity contribution >= 4 is 28.3 Å². The summed E-state index contributed by atoms with van der Waals surface area (Å²) in [5, 5.41) is 3.29. The standard InChI is InChI=1S/C15H22FN3O3S.ClH/c1-11-12(2)19(10-9-17-11)15(20)7-8-18-23(21,22)14-5-3-13(16)4-6-14;/h3-6,11-12,17-18H,7-10H2,1-2H3;1H. The summed E-state index contributed by atoms with van der Waals surface area (Å²) in [4.78, 5) is 14.0. The summed E-state index contributed by atoms with van der Waals surface area (Å²) in [6.07, 6.45) is 0.0947. The largest absolute Gasteiger partial charge is 0.337 e. The molecule has 9 heteroatoms. The van der Waals surface area contributed by atoms with Gasteiger partial charge in [-0.05, 0) is 38.1 Å². The molecule has 1 saturated heterocycles. The zero-order valence-electron chi connectivity index (χ0n) is 13.7. The molecule has 0 bridgehead atoms. The van der Waals surface area contributed by atoms with E-state index >= 15 is 0 Å². The molecular weight excluding hydrogens is 357 g/mol. The lowest BCUT2D eigenvalue weighted by Gasteiger charge is -2.38. The van der Waals surface area contributed by atoms with E-state index in [1.54, 1.807) is 4.90 Å². The van der Waals surface area contributed by atoms with Crippen molar-refractivity contribution in [3.8, 4) is 0 Å². The predicted octanol–water partition coefficient (Wildman–Crippen LogP) is 1.12. The summed E-state index contributed by atoms with van der Waals surface area (Å²) >= 11 is 0. The number of piperazine rings is 1. The Labute approximate surface area is 148 Å². The minimum absolute atomic E-state index is 0. The van der Waals surface area contributed by atoms with Gasteiger partial charge in [-0.2, -0.15) is 0 Å². The Morgan fingerprint density at radius 1 is 1.33 bits per heavy atom. The molecule has 2 atom stereocenters. The Kier molecular flexibility index (Phi) is 7.59. The summed E-state index contributed by atoms with van der Waals surface area (Å²) in [7, 11) is -3.73. The Morgan fingerprint density at radius 3 is 2.58 bits per heavy atom. The normalized spacial score (nSPS) is 21.2. The summed E-state index contributed by atoms with van der Waals surface area (Å²) in [5.74, 6) is -0.575. The molecule has 6 nitrogen and oxygen atoms in total. The van der Waals surface area contributed by atoms with Gasteiger partial charge in [-0.3, -0.25) is 4.79 Å². The number of halogens is 2. The predicted molar refractivity (Wildman–Crippen MR) is 92.1 cm³/mol. The van der Waals surface area contributed by atoms with Gasteiger partial charge in [0.2, 0.25) is 15.9 Å². The van der Waals surface area contributed by atoms with Crippen LogP contribution < -0.4 is 10.0 Å². The second-order valence-electron chi connectivity index (χ2n) is 5.67. The highest BCUT2D eigenvalue weighted by Crippen LogP contribution is 2.12. The van der Waals surface area contributed by atoms with Gasteiger partial charge in [0.15, 0.2) is 0 Å². The molecule has 2 rings (SSSR count). The smallest absolute Gasteiger partial charge is 0.240 e. The number of sulfonamides is 1. The van der Waals surface area contributed by atoms with E-state index in [0.29, 0.717) is 6.54 Å². The third-order valence-corrected chi connectivity index (χ3v) is 5.59. The Bertz CT molecular complexity index is 654. The van der Waals surface area contributed by atoms with Crippen LogP contribution in [0, 0.1) is 5.82 Å². The average molecular weight is 380 g/mol. The highest BCUT2D eigenvalue weighted by atomic mass is 35.5. The molecule has 0 aliphatic carbocycles. The Hall–Kier alpha value is -1.22. The maximum absolute atomic E-state index is 12.8. The number of nitrogens with zero attached hydrogens (tertiary/aromatic N) is 1. The van der Waals surface area contributed by atoms with Crippen molar-refractivity contribution in [2.75, 3.05) is 19.6 Å². The average Bonchev–Trinajstić information content (AvgIpc) is 2.50. The molecule has 0 spiro atoms. The molecule has 1 amide bonds. The molecule has 2 N–H and O–H groups in total. The highest BCUT2D eigenvalue weighted by Gasteiger charge is 2.27. The fourth-order valence-corrected chi connectivity index (χ4v) is 3.57. The fourth-order valence-electron chi connectivity index (χ4n) is 2.54. The molecule has 24 heavy (non-hydrogen) atoms. The van der Waals surface area contributed by atoms with Gasteiger partial charge in [-0.25, -0.2) is 17.5 Å². The van der Waals surface area contributed by atoms with Crippen molar-refractivity contribution in [3.05, 3.63) is 30.1 Å². The molecule has 1 heterocycles. The minimum Gasteiger partial charge on any atom is -0.337 e. The summed E-state index contributed by atoms with van der Waals surface area (Å²) in [6, 6.07) is 4.85. The Balaban J connectivity index is 0.00000288. The number of carbonyl (C=O) groups excluding carboxylic acids is 1. The van der Waals surface area contributed by atoms with Crippen LogP contribution in [0.25, 0.3) is 0 Å². The number of hydrogen-bond acceptors (Lipinski definition) is 4. The molecule has 0 radical (unpaired) electrons. The van der Waals surface area contributed by atoms with Crippen LogP contribution in [0.3, 0.4) is 0 Å². The van der Waals surface area contributed by atoms with E-state index in [4.69, 9.17) is 0 Å². The van der Waals surface area contributed by atoms with E-state index in [9.17, 15) is 17.6 Å². The van der Waals surface area contributed by atoms with Gasteiger partial charge in [-0.15, -0.1) is 12.4 Å². The second-order valence-corrected chi connectivity index (χ2v) is 7.44. The van der Waals surface area contributed by atoms with Gasteiger partial charge in [0.1, 0.15) is 5.82 Å². The maximum Gasteiger partial charge on any atom is 0.240 e. The van der Waals surface area contributed by atoms with Crippen molar-refractivity contribution in [1.29, 1.82) is 0 Å². The molecular formula is C15H23ClFN3O3S. The van der Waals surface area contributed by atoms with Crippen molar-refractivity contribution in [2.24, 2.45) is 0 Å². The number of carbonyl (C=O) groups is 1. The minimum atomic E-state index is -3.73. The first-order valence-corrected chi connectivity index (χ1v) is 9.07. The van der Waals surface area contributed by atoms with Crippen LogP contribution in [-0.4, -0.2) is 50.9 Å². The van der Waals surface area contributed by atoms with Crippen LogP contribution in [0.15, 0.2) is 29.2 Å². The van der Waals surface area contributed by atoms with Gasteiger partial charge >= 0.3 is 0 Å². The van der Waals surface area contributed by atoms with Gasteiger partial charge in [0, 0.05) is 38.1 Å². The van der Waals surface area contributed by atoms with Gasteiger partial charge in [0.05, 0.1) is 4.90 Å². The second kappa shape index (κ2) is 8.75. The van der Waals surface area contributed by atoms with Gasteiger partial charge in [0.25, 0.3) is 0 Å². The maximum atomic E-state index is 12.8. The first-order chi connectivity index (χ1) is 10.8. The van der Waals surface area contributed by atoms with Crippen LogP contribution in [0.2, 0.25) is 0 Å². The molecule has 1 fully saturated rings. The van der Waals surface area contributed by atoms with Crippen molar-refractivity contribution in [1.82, 2.24) is 14.9 Å². The van der Waals surface area contributed by atoms with E-state index in [1.807, 2.05) is 13.8 Å². The van der Waals surface area contributed by atoms with Crippen LogP contribution in [-0.2, 0) is 14.8 Å². The van der Waals surface area contributed by atoms with Crippen LogP contribution in [0.1, 0.15) is 20.3 Å². The molecule has 0 saturated carbocycles. The third-order valence-electron chi connectivity index (χ3n) is 4.11. The molecule has 1 aliphatic rings. The molecule has 2 unspecified atom stereocenters. The lowest BCUT2D eigenvalue weighted by atomic mass is 10.1. The number of rotatable bonds is 5. The lowest BCUT2D eigenvalue weighted by molar-refractivity contribution is -0.134. The zero-order valence-corrected chi connectivity index (χ0v) is 15.3. The van der Waals surface area contributed by atoms with E-state index in [-0.39, 0.29) is 48.3 Å². The molecule has 1 aromatic rings. The number of amides is 1. The molecule has 0 aromatic heterocycles. The third kappa shape index (κ3) is 5.14. The van der Waals surface area contributed by atoms with E-state index in [2.05, 4.69) is 10.0 Å². The Morgan fingerprint density at radius 2 is 1.96 bits per heavy atom. The first-order valence-electron chi connectivity index (χ1n) is 7.59. The van der Waals surface area contributed by atoms with E-state index < -0.39 is 15.8 Å². The number of benzene rings is 1. The summed E-state index contributed by atoms with van der Waals surface area (Å²) in [6.45, 7) is 5.36. The quantitative estimate of drug-likeness (QED) is 0.803. The summed E-state index contributed by atoms with van der Waals surface area (Å²) in [5.41, 5.74) is 0. The molecule has 1 aliphatic heterocycles. The van der Waals surface area contributed by atoms with Crippen LogP contribution in [0.5, 0.6) is 0 Å². The van der Waals surface area contributed by atoms with Gasteiger partial charge < -0.3 is 10.2 Å². The molecule has 136 valence electrons. The monoisotopic (exact) mass is 379 g/mol. The SMILES string of the molecule is CC1NCCN(C(=O)CCNS(=O)(=O)c2ccc(F)cc2)C1C.Cl. The van der Waals surface area contributed by atoms with E-state index in [0.717, 1.165) is 18.7 Å². The van der Waals surface area contributed by atoms with Crippen molar-refractivity contribution < 1.29 is 17.6 Å². The highest BCUT2D eigenvalue weighted by molar-refractivity contribution is 7.89. The van der Waals surface area contributed by atoms with Crippen LogP contribution in [0.4, 0.5) is 4.39 Å².